The van der Waals surface area contributed by atoms with Crippen LogP contribution in [0.3, 0.4) is 0 Å². The first kappa shape index (κ1) is 97.6. The van der Waals surface area contributed by atoms with Crippen molar-refractivity contribution in [1.29, 1.82) is 0 Å². The van der Waals surface area contributed by atoms with Gasteiger partial charge in [-0.1, -0.05) is 384 Å². The van der Waals surface area contributed by atoms with E-state index in [1.165, 1.54) is 205 Å². The van der Waals surface area contributed by atoms with E-state index in [1.54, 1.807) is 0 Å². The van der Waals surface area contributed by atoms with Crippen LogP contribution in [0.2, 0.25) is 0 Å². The molecule has 0 N–H and O–H groups in total. The average Bonchev–Trinajstić information content (AvgIpc) is 0.914. The zero-order valence-electron chi connectivity index (χ0n) is 66.8. The molecule has 0 bridgehead atoms. The van der Waals surface area contributed by atoms with Gasteiger partial charge in [0.2, 0.25) is 0 Å². The summed E-state index contributed by atoms with van der Waals surface area (Å²) in [5.41, 5.74) is 0. The molecule has 0 aromatic heterocycles. The number of nitrogens with zero attached hydrogens (tertiary/aromatic N) is 1. The van der Waals surface area contributed by atoms with E-state index in [2.05, 4.69) is 172 Å². The molecular formula is C92H158NO8P. The summed E-state index contributed by atoms with van der Waals surface area (Å²) in [6, 6.07) is 0. The summed E-state index contributed by atoms with van der Waals surface area (Å²) in [5.74, 6) is -0.823. The molecule has 9 nitrogen and oxygen atoms in total. The Morgan fingerprint density at radius 1 is 0.304 bits per heavy atom. The first-order chi connectivity index (χ1) is 50.0. The van der Waals surface area contributed by atoms with Gasteiger partial charge in [0.1, 0.15) is 19.8 Å². The molecule has 0 aliphatic carbocycles. The van der Waals surface area contributed by atoms with Crippen molar-refractivity contribution in [3.63, 3.8) is 0 Å². The minimum atomic E-state index is -4.65. The van der Waals surface area contributed by atoms with E-state index < -0.39 is 26.5 Å². The fraction of sp³-hybridized carbons (Fsp3) is 0.696. The van der Waals surface area contributed by atoms with Gasteiger partial charge in [-0.25, -0.2) is 0 Å². The maximum absolute atomic E-state index is 12.9. The van der Waals surface area contributed by atoms with Crippen molar-refractivity contribution in [2.75, 3.05) is 47.5 Å². The van der Waals surface area contributed by atoms with Crippen molar-refractivity contribution < 1.29 is 42.1 Å². The Labute approximate surface area is 630 Å². The number of ether oxygens (including phenoxy) is 2. The highest BCUT2D eigenvalue weighted by Gasteiger charge is 2.22. The summed E-state index contributed by atoms with van der Waals surface area (Å²) in [6.45, 7) is 4.04. The van der Waals surface area contributed by atoms with Gasteiger partial charge >= 0.3 is 11.9 Å². The maximum atomic E-state index is 12.9. The number of carbonyl (C=O) groups excluding carboxylic acids is 2. The molecule has 2 atom stereocenters. The zero-order valence-corrected chi connectivity index (χ0v) is 67.7. The van der Waals surface area contributed by atoms with Crippen molar-refractivity contribution >= 4 is 19.8 Å². The number of hydrogen-bond acceptors (Lipinski definition) is 8. The van der Waals surface area contributed by atoms with Gasteiger partial charge in [0.15, 0.2) is 6.10 Å². The van der Waals surface area contributed by atoms with Crippen LogP contribution in [0.15, 0.2) is 158 Å². The van der Waals surface area contributed by atoms with Crippen LogP contribution in [-0.4, -0.2) is 70.0 Å². The standard InChI is InChI=1S/C92H158NO8P/c1-6-8-10-12-14-16-18-20-22-24-26-28-30-32-34-36-38-40-42-44-46-48-50-52-54-56-58-60-62-64-66-68-70-72-74-76-78-80-82-84-91(94)98-88-90(89-100-102(96,97)99-87-86-93(3,4)5)101-92(95)85-83-81-79-77-75-73-71-69-67-65-63-61-59-57-55-53-51-49-47-45-43-41-39-37-35-33-31-29-27-25-23-21-19-17-15-13-11-9-7-2/h8-11,14-17,20-23,26-29,32-35,38-41,45,47,90H,6-7,12-13,18-19,24-25,30-31,36-37,42-44,46,48-89H2,1-5H3/b10-8-,11-9-,16-14-,17-15-,22-20-,23-21-,28-26-,29-27-,34-32-,35-33-,40-38-,41-39-,47-45-. The van der Waals surface area contributed by atoms with Gasteiger partial charge in [0.25, 0.3) is 7.82 Å². The SMILES string of the molecule is CC/C=C\C/C=C\C/C=C\C/C=C\C/C=C\C/C=C\C/C=C\CCCCCCCCCCCCCCCCCCCC(=O)OC(COC(=O)CCCCCCCCCCCCCCCCCCCCCC/C=C\C/C=C\C/C=C\C/C=C\C/C=C\C/C=C\CC)COP(=O)([O-])OCC[N+](C)(C)C. The molecule has 584 valence electrons. The summed E-state index contributed by atoms with van der Waals surface area (Å²) in [4.78, 5) is 38.2. The Balaban J connectivity index is 3.94. The molecule has 0 heterocycles. The molecule has 10 heteroatoms. The highest BCUT2D eigenvalue weighted by molar-refractivity contribution is 7.45. The number of carbonyl (C=O) groups is 2. The van der Waals surface area contributed by atoms with Crippen LogP contribution in [0, 0.1) is 0 Å². The molecule has 0 aliphatic rings. The number of phosphoric acid groups is 1. The monoisotopic (exact) mass is 1440 g/mol. The first-order valence-electron chi connectivity index (χ1n) is 42.2. The van der Waals surface area contributed by atoms with E-state index in [-0.39, 0.29) is 32.0 Å². The normalized spacial score (nSPS) is 13.8. The molecule has 0 saturated heterocycles. The number of rotatable bonds is 77. The molecule has 0 spiro atoms. The summed E-state index contributed by atoms with van der Waals surface area (Å²) in [5, 5.41) is 0. The number of hydrogen-bond donors (Lipinski definition) is 0. The summed E-state index contributed by atoms with van der Waals surface area (Å²) in [7, 11) is 1.17. The lowest BCUT2D eigenvalue weighted by molar-refractivity contribution is -0.870. The Bertz CT molecular complexity index is 2290. The van der Waals surface area contributed by atoms with Gasteiger partial charge < -0.3 is 27.9 Å². The predicted molar refractivity (Wildman–Crippen MR) is 443 cm³/mol. The maximum Gasteiger partial charge on any atom is 0.306 e. The van der Waals surface area contributed by atoms with Crippen LogP contribution < -0.4 is 4.89 Å². The van der Waals surface area contributed by atoms with Gasteiger partial charge in [-0.2, -0.15) is 0 Å². The predicted octanol–water partition coefficient (Wildman–Crippen LogP) is 28.0. The number of quaternary nitrogens is 1. The quantitative estimate of drug-likeness (QED) is 0.0195. The Morgan fingerprint density at radius 2 is 0.529 bits per heavy atom. The van der Waals surface area contributed by atoms with Gasteiger partial charge in [-0.05, 0) is 122 Å². The van der Waals surface area contributed by atoms with Crippen molar-refractivity contribution in [2.24, 2.45) is 0 Å². The molecule has 102 heavy (non-hydrogen) atoms. The van der Waals surface area contributed by atoms with Crippen molar-refractivity contribution in [3.8, 4) is 0 Å². The third-order valence-electron chi connectivity index (χ3n) is 18.0. The molecule has 0 amide bonds. The minimum Gasteiger partial charge on any atom is -0.756 e. The zero-order chi connectivity index (χ0) is 74.0. The third kappa shape index (κ3) is 84.6. The van der Waals surface area contributed by atoms with Crippen LogP contribution >= 0.6 is 7.82 Å². The lowest BCUT2D eigenvalue weighted by Crippen LogP contribution is -2.37. The first-order valence-corrected chi connectivity index (χ1v) is 43.7. The molecule has 0 aromatic rings. The molecular weight excluding hydrogens is 1280 g/mol. The van der Waals surface area contributed by atoms with Crippen LogP contribution in [0.25, 0.3) is 0 Å². The van der Waals surface area contributed by atoms with Gasteiger partial charge in [0, 0.05) is 12.8 Å². The van der Waals surface area contributed by atoms with Crippen LogP contribution in [0.5, 0.6) is 0 Å². The fourth-order valence-corrected chi connectivity index (χ4v) is 12.4. The van der Waals surface area contributed by atoms with E-state index in [0.717, 1.165) is 122 Å². The van der Waals surface area contributed by atoms with E-state index in [4.69, 9.17) is 18.5 Å². The lowest BCUT2D eigenvalue weighted by Gasteiger charge is -2.28. The number of allylic oxidation sites excluding steroid dienone is 26. The minimum absolute atomic E-state index is 0.0338. The van der Waals surface area contributed by atoms with E-state index in [0.29, 0.717) is 17.4 Å². The number of esters is 2. The van der Waals surface area contributed by atoms with E-state index in [9.17, 15) is 19.0 Å². The largest absolute Gasteiger partial charge is 0.756 e. The third-order valence-corrected chi connectivity index (χ3v) is 19.0. The fourth-order valence-electron chi connectivity index (χ4n) is 11.7. The number of phosphoric ester groups is 1. The Hall–Kier alpha value is -4.37. The highest BCUT2D eigenvalue weighted by Crippen LogP contribution is 2.38. The van der Waals surface area contributed by atoms with Crippen LogP contribution in [-0.2, 0) is 32.7 Å². The van der Waals surface area contributed by atoms with E-state index in [1.807, 2.05) is 21.1 Å². The molecule has 0 aliphatic heterocycles. The van der Waals surface area contributed by atoms with Gasteiger partial charge in [0.05, 0.1) is 27.7 Å². The molecule has 0 rings (SSSR count). The van der Waals surface area contributed by atoms with Gasteiger partial charge in [-0.3, -0.25) is 14.2 Å². The summed E-state index contributed by atoms with van der Waals surface area (Å²) >= 11 is 0. The Kier molecular flexibility index (Phi) is 77.3. The topological polar surface area (TPSA) is 111 Å². The Morgan fingerprint density at radius 3 is 0.784 bits per heavy atom. The second-order valence-corrected chi connectivity index (χ2v) is 30.5. The smallest absolute Gasteiger partial charge is 0.306 e. The second-order valence-electron chi connectivity index (χ2n) is 29.1. The average molecular weight is 1440 g/mol. The lowest BCUT2D eigenvalue weighted by atomic mass is 10.0. The van der Waals surface area contributed by atoms with Crippen LogP contribution in [0.4, 0.5) is 0 Å². The van der Waals surface area contributed by atoms with Crippen molar-refractivity contribution in [2.45, 2.75) is 367 Å². The molecule has 0 fully saturated rings. The molecule has 0 aromatic carbocycles. The summed E-state index contributed by atoms with van der Waals surface area (Å²) in [6.07, 6.45) is 121. The van der Waals surface area contributed by atoms with Gasteiger partial charge in [-0.15, -0.1) is 0 Å². The van der Waals surface area contributed by atoms with Crippen molar-refractivity contribution in [1.82, 2.24) is 0 Å². The summed E-state index contributed by atoms with van der Waals surface area (Å²) < 4.78 is 34.5. The second kappa shape index (κ2) is 80.7. The number of likely N-dealkylation sites (N-methyl/N-ethyl adjacent to an activating group) is 1. The number of unbranched alkanes of at least 4 members (excludes halogenated alkanes) is 37. The van der Waals surface area contributed by atoms with Crippen LogP contribution in [0.1, 0.15) is 361 Å². The van der Waals surface area contributed by atoms with E-state index >= 15 is 0 Å². The van der Waals surface area contributed by atoms with Crippen molar-refractivity contribution in [3.05, 3.63) is 158 Å². The molecule has 0 radical (unpaired) electrons. The molecule has 0 saturated carbocycles. The highest BCUT2D eigenvalue weighted by atomic mass is 31.2. The molecule has 2 unspecified atom stereocenters.